The van der Waals surface area contributed by atoms with E-state index in [0.717, 1.165) is 22.6 Å². The SMILES string of the molecule is CCOC(=O)C1=C(C)N(c2ccccc2)C2(SC(C(C)=O)=NN2c2ccccc2C)S1. The first kappa shape index (κ1) is 21.5. The van der Waals surface area contributed by atoms with Gasteiger partial charge in [-0.25, -0.2) is 9.80 Å². The van der Waals surface area contributed by atoms with Crippen molar-refractivity contribution >= 4 is 51.7 Å². The van der Waals surface area contributed by atoms with E-state index in [9.17, 15) is 9.59 Å². The van der Waals surface area contributed by atoms with Crippen LogP contribution in [0.15, 0.2) is 70.3 Å². The molecule has 8 heteroatoms. The molecule has 0 aromatic heterocycles. The maximum atomic E-state index is 12.8. The van der Waals surface area contributed by atoms with Gasteiger partial charge in [-0.2, -0.15) is 5.10 Å². The summed E-state index contributed by atoms with van der Waals surface area (Å²) in [5.41, 5.74) is 3.56. The fourth-order valence-corrected chi connectivity index (χ4v) is 6.52. The molecule has 0 radical (unpaired) electrons. The summed E-state index contributed by atoms with van der Waals surface area (Å²) >= 11 is 2.72. The number of thioether (sulfide) groups is 2. The number of hydrogen-bond donors (Lipinski definition) is 0. The predicted octanol–water partition coefficient (Wildman–Crippen LogP) is 5.11. The number of carbonyl (C=O) groups is 2. The number of ketones is 1. The summed E-state index contributed by atoms with van der Waals surface area (Å²) in [6.07, 6.45) is 0. The zero-order chi connectivity index (χ0) is 22.2. The molecule has 2 heterocycles. The third kappa shape index (κ3) is 3.64. The van der Waals surface area contributed by atoms with Gasteiger partial charge in [0.1, 0.15) is 4.91 Å². The molecule has 0 amide bonds. The van der Waals surface area contributed by atoms with Crippen LogP contribution in [0.3, 0.4) is 0 Å². The Labute approximate surface area is 190 Å². The zero-order valence-corrected chi connectivity index (χ0v) is 19.4. The van der Waals surface area contributed by atoms with E-state index >= 15 is 0 Å². The topological polar surface area (TPSA) is 62.2 Å². The van der Waals surface area contributed by atoms with Crippen LogP contribution in [-0.2, 0) is 14.3 Å². The summed E-state index contributed by atoms with van der Waals surface area (Å²) in [6, 6.07) is 17.7. The predicted molar refractivity (Wildman–Crippen MR) is 128 cm³/mol. The van der Waals surface area contributed by atoms with Crippen LogP contribution < -0.4 is 9.91 Å². The minimum absolute atomic E-state index is 0.115. The minimum atomic E-state index is -0.902. The molecule has 1 atom stereocenters. The molecule has 0 saturated carbocycles. The van der Waals surface area contributed by atoms with Gasteiger partial charge in [0.15, 0.2) is 10.8 Å². The molecule has 4 rings (SSSR count). The smallest absolute Gasteiger partial charge is 0.346 e. The molecule has 2 aliphatic rings. The van der Waals surface area contributed by atoms with Crippen LogP contribution in [0.5, 0.6) is 0 Å². The molecule has 0 bridgehead atoms. The highest BCUT2D eigenvalue weighted by Gasteiger charge is 2.58. The number of allylic oxidation sites excluding steroid dienone is 1. The fourth-order valence-electron chi connectivity index (χ4n) is 3.58. The van der Waals surface area contributed by atoms with E-state index in [-0.39, 0.29) is 11.8 Å². The van der Waals surface area contributed by atoms with Crippen molar-refractivity contribution in [3.63, 3.8) is 0 Å². The van der Waals surface area contributed by atoms with E-state index < -0.39 is 4.33 Å². The van der Waals surface area contributed by atoms with Gasteiger partial charge in [0.05, 0.1) is 12.3 Å². The Morgan fingerprint density at radius 3 is 2.35 bits per heavy atom. The second kappa shape index (κ2) is 8.43. The third-order valence-electron chi connectivity index (χ3n) is 4.99. The van der Waals surface area contributed by atoms with Gasteiger partial charge in [0, 0.05) is 18.3 Å². The van der Waals surface area contributed by atoms with Crippen LogP contribution in [0.1, 0.15) is 26.3 Å². The van der Waals surface area contributed by atoms with Crippen LogP contribution in [0.4, 0.5) is 11.4 Å². The molecule has 1 unspecified atom stereocenters. The Morgan fingerprint density at radius 1 is 1.03 bits per heavy atom. The lowest BCUT2D eigenvalue weighted by Gasteiger charge is -2.41. The lowest BCUT2D eigenvalue weighted by Crippen LogP contribution is -2.49. The highest BCUT2D eigenvalue weighted by molar-refractivity contribution is 8.29. The first-order valence-electron chi connectivity index (χ1n) is 9.95. The number of carbonyl (C=O) groups excluding carboxylic acids is 2. The van der Waals surface area contributed by atoms with Gasteiger partial charge < -0.3 is 9.64 Å². The number of esters is 1. The van der Waals surface area contributed by atoms with Gasteiger partial charge in [-0.1, -0.05) is 48.2 Å². The molecule has 31 heavy (non-hydrogen) atoms. The average Bonchev–Trinajstić information content (AvgIpc) is 3.27. The minimum Gasteiger partial charge on any atom is -0.462 e. The highest BCUT2D eigenvalue weighted by atomic mass is 32.2. The van der Waals surface area contributed by atoms with Crippen molar-refractivity contribution in [1.82, 2.24) is 0 Å². The Kier molecular flexibility index (Phi) is 5.85. The average molecular weight is 454 g/mol. The molecule has 6 nitrogen and oxygen atoms in total. The molecule has 2 aliphatic heterocycles. The maximum absolute atomic E-state index is 12.8. The normalized spacial score (nSPS) is 20.5. The lowest BCUT2D eigenvalue weighted by atomic mass is 10.2. The first-order valence-corrected chi connectivity index (χ1v) is 11.6. The first-order chi connectivity index (χ1) is 14.9. The Morgan fingerprint density at radius 2 is 1.71 bits per heavy atom. The van der Waals surface area contributed by atoms with E-state index in [2.05, 4.69) is 4.90 Å². The number of aryl methyl sites for hydroxylation is 1. The van der Waals surface area contributed by atoms with Crippen LogP contribution in [-0.4, -0.2) is 27.7 Å². The van der Waals surface area contributed by atoms with Crippen molar-refractivity contribution < 1.29 is 14.3 Å². The number of hydrazone groups is 1. The Hall–Kier alpha value is -2.71. The van der Waals surface area contributed by atoms with Gasteiger partial charge in [-0.3, -0.25) is 4.79 Å². The maximum Gasteiger partial charge on any atom is 0.346 e. The largest absolute Gasteiger partial charge is 0.462 e. The third-order valence-corrected chi connectivity index (χ3v) is 7.96. The molecule has 2 aromatic rings. The summed E-state index contributed by atoms with van der Waals surface area (Å²) in [7, 11) is 0. The number of rotatable bonds is 5. The molecule has 160 valence electrons. The monoisotopic (exact) mass is 453 g/mol. The summed E-state index contributed by atoms with van der Waals surface area (Å²) < 4.78 is 4.44. The summed E-state index contributed by atoms with van der Waals surface area (Å²) in [4.78, 5) is 27.8. The number of ether oxygens (including phenoxy) is 1. The molecular weight excluding hydrogens is 430 g/mol. The van der Waals surface area contributed by atoms with Crippen molar-refractivity contribution in [2.75, 3.05) is 16.5 Å². The van der Waals surface area contributed by atoms with Crippen molar-refractivity contribution in [2.45, 2.75) is 32.0 Å². The van der Waals surface area contributed by atoms with E-state index in [1.807, 2.05) is 73.5 Å². The Bertz CT molecular complexity index is 1100. The molecular formula is C23H23N3O3S2. The Balaban J connectivity index is 1.92. The van der Waals surface area contributed by atoms with Crippen LogP contribution >= 0.6 is 23.5 Å². The van der Waals surface area contributed by atoms with Gasteiger partial charge in [0.2, 0.25) is 4.33 Å². The zero-order valence-electron chi connectivity index (χ0n) is 17.8. The van der Waals surface area contributed by atoms with Gasteiger partial charge in [-0.05, 0) is 56.3 Å². The number of Topliss-reactive ketones (excluding diaryl/α,β-unsaturated/α-hetero) is 1. The number of hydrogen-bond acceptors (Lipinski definition) is 8. The molecule has 1 spiro atoms. The van der Waals surface area contributed by atoms with Gasteiger partial charge >= 0.3 is 5.97 Å². The molecule has 2 aromatic carbocycles. The van der Waals surface area contributed by atoms with Gasteiger partial charge in [-0.15, -0.1) is 0 Å². The molecule has 0 saturated heterocycles. The second-order valence-electron chi connectivity index (χ2n) is 7.12. The quantitative estimate of drug-likeness (QED) is 0.583. The number of para-hydroxylation sites is 2. The number of benzene rings is 2. The van der Waals surface area contributed by atoms with E-state index in [1.165, 1.54) is 30.4 Å². The van der Waals surface area contributed by atoms with Crippen molar-refractivity contribution in [1.29, 1.82) is 0 Å². The highest BCUT2D eigenvalue weighted by Crippen LogP contribution is 2.60. The van der Waals surface area contributed by atoms with E-state index in [4.69, 9.17) is 9.84 Å². The fraction of sp³-hybridized carbons (Fsp3) is 0.261. The van der Waals surface area contributed by atoms with Crippen LogP contribution in [0.25, 0.3) is 0 Å². The summed E-state index contributed by atoms with van der Waals surface area (Å²) in [6.45, 7) is 7.51. The second-order valence-corrected chi connectivity index (χ2v) is 9.72. The summed E-state index contributed by atoms with van der Waals surface area (Å²) in [5, 5.41) is 6.98. The van der Waals surface area contributed by atoms with Crippen molar-refractivity contribution in [2.24, 2.45) is 5.10 Å². The van der Waals surface area contributed by atoms with E-state index in [1.54, 1.807) is 6.92 Å². The van der Waals surface area contributed by atoms with Gasteiger partial charge in [0.25, 0.3) is 0 Å². The van der Waals surface area contributed by atoms with Crippen LogP contribution in [0.2, 0.25) is 0 Å². The molecule has 0 fully saturated rings. The van der Waals surface area contributed by atoms with E-state index in [0.29, 0.717) is 16.6 Å². The van der Waals surface area contributed by atoms with Crippen molar-refractivity contribution in [3.05, 3.63) is 70.8 Å². The standard InChI is InChI=1S/C23H23N3O3S2/c1-5-29-22(28)20-16(3)25(18-12-7-6-8-13-18)23(30-20)26(24-21(31-23)17(4)27)19-14-10-9-11-15(19)2/h6-14H,5H2,1-4H3. The molecule has 0 N–H and O–H groups in total. The lowest BCUT2D eigenvalue weighted by molar-refractivity contribution is -0.137. The number of anilines is 2. The van der Waals surface area contributed by atoms with Crippen LogP contribution in [0, 0.1) is 6.92 Å². The molecule has 0 aliphatic carbocycles. The number of nitrogens with zero attached hydrogens (tertiary/aromatic N) is 3. The summed E-state index contributed by atoms with van der Waals surface area (Å²) in [5.74, 6) is -0.485. The van der Waals surface area contributed by atoms with Crippen molar-refractivity contribution in [3.8, 4) is 0 Å².